The first-order chi connectivity index (χ1) is 12.3. The first kappa shape index (κ1) is 16.8. The van der Waals surface area contributed by atoms with E-state index in [1.54, 1.807) is 0 Å². The summed E-state index contributed by atoms with van der Waals surface area (Å²) in [6, 6.07) is 6.40. The lowest BCUT2D eigenvalue weighted by Gasteiger charge is -2.42. The van der Waals surface area contributed by atoms with Crippen LogP contribution in [0.2, 0.25) is 0 Å². The number of aromatic nitrogens is 1. The number of likely N-dealkylation sites (tertiary alicyclic amines) is 2. The molecule has 0 aliphatic carbocycles. The van der Waals surface area contributed by atoms with Crippen LogP contribution in [-0.2, 0) is 11.3 Å². The Bertz CT molecular complexity index is 590. The van der Waals surface area contributed by atoms with Crippen LogP contribution in [0.4, 0.5) is 4.79 Å². The van der Waals surface area contributed by atoms with Gasteiger partial charge < -0.3 is 15.0 Å². The van der Waals surface area contributed by atoms with E-state index < -0.39 is 0 Å². The molecule has 0 aromatic carbocycles. The monoisotopic (exact) mass is 344 g/mol. The Morgan fingerprint density at radius 3 is 3.00 bits per heavy atom. The van der Waals surface area contributed by atoms with Gasteiger partial charge in [-0.2, -0.15) is 0 Å². The zero-order valence-electron chi connectivity index (χ0n) is 14.8. The van der Waals surface area contributed by atoms with Gasteiger partial charge in [0.15, 0.2) is 0 Å². The van der Waals surface area contributed by atoms with E-state index in [9.17, 15) is 4.79 Å². The molecular weight excluding hydrogens is 316 g/mol. The van der Waals surface area contributed by atoms with Crippen molar-refractivity contribution < 1.29 is 9.53 Å². The standard InChI is InChI=1S/C19H28N4O2/c24-18(23-9-3-4-10-23)21-17-6-12-25-15-19(17)7-11-22(14-19)13-16-5-1-2-8-20-16/h1-2,5,8,17H,3-4,6-7,9-15H2,(H,21,24)/t17-,19+/m1/s1. The van der Waals surface area contributed by atoms with Crippen molar-refractivity contribution in [3.8, 4) is 0 Å². The molecule has 1 N–H and O–H groups in total. The molecule has 4 rings (SSSR count). The Kier molecular flexibility index (Phi) is 4.90. The molecule has 2 atom stereocenters. The van der Waals surface area contributed by atoms with Crippen molar-refractivity contribution in [1.82, 2.24) is 20.1 Å². The predicted octanol–water partition coefficient (Wildman–Crippen LogP) is 1.87. The molecule has 1 spiro atoms. The molecule has 2 amide bonds. The van der Waals surface area contributed by atoms with E-state index >= 15 is 0 Å². The molecule has 25 heavy (non-hydrogen) atoms. The average molecular weight is 344 g/mol. The highest BCUT2D eigenvalue weighted by atomic mass is 16.5. The number of rotatable bonds is 3. The Morgan fingerprint density at radius 2 is 2.20 bits per heavy atom. The van der Waals surface area contributed by atoms with Crippen molar-refractivity contribution in [2.45, 2.75) is 38.3 Å². The zero-order valence-corrected chi connectivity index (χ0v) is 14.8. The first-order valence-electron chi connectivity index (χ1n) is 9.51. The summed E-state index contributed by atoms with van der Waals surface area (Å²) >= 11 is 0. The number of ether oxygens (including phenoxy) is 1. The maximum absolute atomic E-state index is 12.6. The van der Waals surface area contributed by atoms with Gasteiger partial charge in [0.25, 0.3) is 0 Å². The highest BCUT2D eigenvalue weighted by molar-refractivity contribution is 5.74. The Balaban J connectivity index is 1.40. The highest BCUT2D eigenvalue weighted by Crippen LogP contribution is 2.39. The molecule has 0 unspecified atom stereocenters. The van der Waals surface area contributed by atoms with E-state index in [0.717, 1.165) is 77.3 Å². The zero-order chi connectivity index (χ0) is 17.1. The number of carbonyl (C=O) groups is 1. The van der Waals surface area contributed by atoms with Crippen LogP contribution in [0.15, 0.2) is 24.4 Å². The molecule has 6 heteroatoms. The van der Waals surface area contributed by atoms with Gasteiger partial charge in [-0.1, -0.05) is 6.07 Å². The number of carbonyl (C=O) groups excluding carboxylic acids is 1. The molecule has 4 heterocycles. The summed E-state index contributed by atoms with van der Waals surface area (Å²) in [4.78, 5) is 21.4. The summed E-state index contributed by atoms with van der Waals surface area (Å²) < 4.78 is 5.84. The number of urea groups is 1. The van der Waals surface area contributed by atoms with Crippen molar-refractivity contribution >= 4 is 6.03 Å². The van der Waals surface area contributed by atoms with Gasteiger partial charge in [0.1, 0.15) is 0 Å². The smallest absolute Gasteiger partial charge is 0.317 e. The van der Waals surface area contributed by atoms with Gasteiger partial charge in [-0.25, -0.2) is 4.79 Å². The Morgan fingerprint density at radius 1 is 1.32 bits per heavy atom. The fourth-order valence-electron chi connectivity index (χ4n) is 4.51. The lowest BCUT2D eigenvalue weighted by atomic mass is 9.77. The molecule has 1 aromatic heterocycles. The minimum Gasteiger partial charge on any atom is -0.381 e. The SMILES string of the molecule is O=C(N[C@@H]1CCOC[C@@]12CCN(Cc1ccccn1)C2)N1CCCC1. The van der Waals surface area contributed by atoms with Crippen molar-refractivity contribution in [2.24, 2.45) is 5.41 Å². The molecule has 0 saturated carbocycles. The molecule has 136 valence electrons. The van der Waals surface area contributed by atoms with Crippen molar-refractivity contribution in [3.63, 3.8) is 0 Å². The number of nitrogens with one attached hydrogen (secondary N) is 1. The third-order valence-corrected chi connectivity index (χ3v) is 5.95. The molecular formula is C19H28N4O2. The van der Waals surface area contributed by atoms with Gasteiger partial charge in [0.2, 0.25) is 0 Å². The van der Waals surface area contributed by atoms with E-state index in [4.69, 9.17) is 4.74 Å². The van der Waals surface area contributed by atoms with Gasteiger partial charge in [-0.3, -0.25) is 9.88 Å². The fourth-order valence-corrected chi connectivity index (χ4v) is 4.51. The summed E-state index contributed by atoms with van der Waals surface area (Å²) in [7, 11) is 0. The lowest BCUT2D eigenvalue weighted by Crippen LogP contribution is -2.56. The van der Waals surface area contributed by atoms with Crippen LogP contribution in [0.1, 0.15) is 31.4 Å². The van der Waals surface area contributed by atoms with Crippen LogP contribution >= 0.6 is 0 Å². The van der Waals surface area contributed by atoms with Crippen LogP contribution in [0.25, 0.3) is 0 Å². The third kappa shape index (κ3) is 3.65. The Labute approximate surface area is 149 Å². The molecule has 3 saturated heterocycles. The molecule has 0 radical (unpaired) electrons. The quantitative estimate of drug-likeness (QED) is 0.909. The van der Waals surface area contributed by atoms with E-state index in [-0.39, 0.29) is 17.5 Å². The molecule has 1 aromatic rings. The van der Waals surface area contributed by atoms with E-state index in [0.29, 0.717) is 0 Å². The summed E-state index contributed by atoms with van der Waals surface area (Å²) in [6.07, 6.45) is 6.10. The molecule has 0 bridgehead atoms. The lowest BCUT2D eigenvalue weighted by molar-refractivity contribution is -0.0256. The number of amides is 2. The maximum atomic E-state index is 12.6. The second-order valence-electron chi connectivity index (χ2n) is 7.68. The summed E-state index contributed by atoms with van der Waals surface area (Å²) in [5, 5.41) is 3.34. The number of pyridine rings is 1. The number of nitrogens with zero attached hydrogens (tertiary/aromatic N) is 3. The summed E-state index contributed by atoms with van der Waals surface area (Å²) in [5.74, 6) is 0. The number of hydrogen-bond donors (Lipinski definition) is 1. The number of hydrogen-bond acceptors (Lipinski definition) is 4. The first-order valence-corrected chi connectivity index (χ1v) is 9.51. The minimum atomic E-state index is 0.0441. The molecule has 3 fully saturated rings. The minimum absolute atomic E-state index is 0.0441. The second kappa shape index (κ2) is 7.30. The fraction of sp³-hybridized carbons (Fsp3) is 0.684. The summed E-state index contributed by atoms with van der Waals surface area (Å²) in [5.41, 5.74) is 1.15. The van der Waals surface area contributed by atoms with Crippen molar-refractivity contribution in [3.05, 3.63) is 30.1 Å². The van der Waals surface area contributed by atoms with Gasteiger partial charge in [-0.15, -0.1) is 0 Å². The second-order valence-corrected chi connectivity index (χ2v) is 7.68. The van der Waals surface area contributed by atoms with Crippen molar-refractivity contribution in [1.29, 1.82) is 0 Å². The normalized spacial score (nSPS) is 30.1. The van der Waals surface area contributed by atoms with Crippen LogP contribution < -0.4 is 5.32 Å². The molecule has 6 nitrogen and oxygen atoms in total. The van der Waals surface area contributed by atoms with Gasteiger partial charge in [0.05, 0.1) is 12.3 Å². The topological polar surface area (TPSA) is 57.7 Å². The summed E-state index contributed by atoms with van der Waals surface area (Å²) in [6.45, 7) is 6.16. The van der Waals surface area contributed by atoms with E-state index in [2.05, 4.69) is 21.3 Å². The van der Waals surface area contributed by atoms with Crippen LogP contribution in [0, 0.1) is 5.41 Å². The van der Waals surface area contributed by atoms with Gasteiger partial charge >= 0.3 is 6.03 Å². The average Bonchev–Trinajstić information content (AvgIpc) is 3.29. The van der Waals surface area contributed by atoms with Gasteiger partial charge in [-0.05, 0) is 44.4 Å². The largest absolute Gasteiger partial charge is 0.381 e. The molecule has 3 aliphatic rings. The van der Waals surface area contributed by atoms with E-state index in [1.807, 2.05) is 23.2 Å². The Hall–Kier alpha value is -1.66. The van der Waals surface area contributed by atoms with Crippen LogP contribution in [0.5, 0.6) is 0 Å². The highest BCUT2D eigenvalue weighted by Gasteiger charge is 2.47. The maximum Gasteiger partial charge on any atom is 0.317 e. The molecule has 3 aliphatic heterocycles. The van der Waals surface area contributed by atoms with Crippen LogP contribution in [-0.4, -0.2) is 66.2 Å². The predicted molar refractivity (Wildman–Crippen MR) is 95.1 cm³/mol. The van der Waals surface area contributed by atoms with E-state index in [1.165, 1.54) is 0 Å². The van der Waals surface area contributed by atoms with Crippen LogP contribution in [0.3, 0.4) is 0 Å². The van der Waals surface area contributed by atoms with Gasteiger partial charge in [0, 0.05) is 50.4 Å². The van der Waals surface area contributed by atoms with Crippen molar-refractivity contribution in [2.75, 3.05) is 39.4 Å². The third-order valence-electron chi connectivity index (χ3n) is 5.95.